The largest absolute Gasteiger partial charge is 0.496 e. The van der Waals surface area contributed by atoms with Crippen LogP contribution in [0.3, 0.4) is 0 Å². The van der Waals surface area contributed by atoms with E-state index in [2.05, 4.69) is 38.8 Å². The van der Waals surface area contributed by atoms with Crippen molar-refractivity contribution in [2.45, 2.75) is 18.7 Å². The third-order valence-corrected chi connectivity index (χ3v) is 6.60. The highest BCUT2D eigenvalue weighted by Crippen LogP contribution is 2.26. The number of anilines is 1. The van der Waals surface area contributed by atoms with E-state index in [1.165, 1.54) is 5.69 Å². The predicted octanol–water partition coefficient (Wildman–Crippen LogP) is 2.41. The molecule has 0 radical (unpaired) electrons. The number of nitrogens with zero attached hydrogens (tertiary/aromatic N) is 2. The van der Waals surface area contributed by atoms with Crippen LogP contribution in [0.25, 0.3) is 0 Å². The highest BCUT2D eigenvalue weighted by Gasteiger charge is 2.20. The summed E-state index contributed by atoms with van der Waals surface area (Å²) in [6, 6.07) is 13.7. The quantitative estimate of drug-likeness (QED) is 0.769. The number of piperazine rings is 1. The Hall–Kier alpha value is -2.09. The molecule has 0 aromatic heterocycles. The van der Waals surface area contributed by atoms with E-state index in [0.29, 0.717) is 13.1 Å². The van der Waals surface area contributed by atoms with Crippen LogP contribution in [0.4, 0.5) is 5.69 Å². The van der Waals surface area contributed by atoms with Gasteiger partial charge < -0.3 is 9.64 Å². The van der Waals surface area contributed by atoms with Gasteiger partial charge in [-0.2, -0.15) is 0 Å². The fourth-order valence-electron chi connectivity index (χ4n) is 3.68. The van der Waals surface area contributed by atoms with Crippen LogP contribution < -0.4 is 14.4 Å². The van der Waals surface area contributed by atoms with E-state index in [1.807, 2.05) is 19.9 Å². The van der Waals surface area contributed by atoms with Gasteiger partial charge >= 0.3 is 0 Å². The van der Waals surface area contributed by atoms with Gasteiger partial charge in [0.05, 0.1) is 12.0 Å². The molecule has 1 aliphatic rings. The average molecular weight is 404 g/mol. The van der Waals surface area contributed by atoms with Crippen LogP contribution in [0, 0.1) is 13.8 Å². The van der Waals surface area contributed by atoms with Gasteiger partial charge in [-0.1, -0.05) is 18.2 Å². The first kappa shape index (κ1) is 20.6. The maximum Gasteiger partial charge on any atom is 0.240 e. The summed E-state index contributed by atoms with van der Waals surface area (Å²) < 4.78 is 33.3. The average Bonchev–Trinajstić information content (AvgIpc) is 2.69. The van der Waals surface area contributed by atoms with E-state index >= 15 is 0 Å². The Morgan fingerprint density at radius 1 is 1.00 bits per heavy atom. The lowest BCUT2D eigenvalue weighted by molar-refractivity contribution is 0.262. The molecular weight excluding hydrogens is 374 g/mol. The fraction of sp³-hybridized carbons (Fsp3) is 0.429. The molecule has 0 bridgehead atoms. The first-order chi connectivity index (χ1) is 13.4. The minimum atomic E-state index is -3.53. The smallest absolute Gasteiger partial charge is 0.240 e. The van der Waals surface area contributed by atoms with Gasteiger partial charge in [0, 0.05) is 45.0 Å². The molecule has 6 nitrogen and oxygen atoms in total. The van der Waals surface area contributed by atoms with Crippen LogP contribution >= 0.6 is 0 Å². The number of sulfonamides is 1. The molecule has 0 aliphatic carbocycles. The Balaban J connectivity index is 1.51. The summed E-state index contributed by atoms with van der Waals surface area (Å²) in [5.41, 5.74) is 2.88. The van der Waals surface area contributed by atoms with Crippen LogP contribution in [-0.4, -0.2) is 59.7 Å². The third kappa shape index (κ3) is 4.84. The molecule has 0 saturated carbocycles. The predicted molar refractivity (Wildman–Crippen MR) is 113 cm³/mol. The van der Waals surface area contributed by atoms with E-state index in [4.69, 9.17) is 4.74 Å². The highest BCUT2D eigenvalue weighted by molar-refractivity contribution is 7.89. The Labute approximate surface area is 168 Å². The van der Waals surface area contributed by atoms with Crippen LogP contribution in [0.2, 0.25) is 0 Å². The first-order valence-corrected chi connectivity index (χ1v) is 11.1. The number of aryl methyl sites for hydroxylation is 2. The molecule has 2 aromatic rings. The van der Waals surface area contributed by atoms with Crippen molar-refractivity contribution in [1.82, 2.24) is 9.62 Å². The second-order valence-electron chi connectivity index (χ2n) is 7.15. The van der Waals surface area contributed by atoms with Crippen molar-refractivity contribution >= 4 is 15.7 Å². The summed E-state index contributed by atoms with van der Waals surface area (Å²) in [6.07, 6.45) is 0. The van der Waals surface area contributed by atoms with Gasteiger partial charge in [0.25, 0.3) is 0 Å². The fourth-order valence-corrected chi connectivity index (χ4v) is 4.87. The molecule has 1 N–H and O–H groups in total. The molecule has 1 heterocycles. The molecule has 28 heavy (non-hydrogen) atoms. The van der Waals surface area contributed by atoms with Gasteiger partial charge in [0.2, 0.25) is 10.0 Å². The summed E-state index contributed by atoms with van der Waals surface area (Å²) in [6.45, 7) is 8.58. The summed E-state index contributed by atoms with van der Waals surface area (Å²) in [7, 11) is -1.93. The second kappa shape index (κ2) is 8.94. The molecule has 0 unspecified atom stereocenters. The third-order valence-electron chi connectivity index (χ3n) is 5.16. The van der Waals surface area contributed by atoms with Crippen molar-refractivity contribution in [3.8, 4) is 5.75 Å². The number of para-hydroxylation sites is 1. The molecule has 1 saturated heterocycles. The second-order valence-corrected chi connectivity index (χ2v) is 8.92. The van der Waals surface area contributed by atoms with E-state index in [9.17, 15) is 8.42 Å². The minimum absolute atomic E-state index is 0.289. The van der Waals surface area contributed by atoms with Gasteiger partial charge in [-0.05, 0) is 49.2 Å². The van der Waals surface area contributed by atoms with Crippen molar-refractivity contribution in [3.05, 3.63) is 53.6 Å². The molecule has 3 rings (SSSR count). The standard InChI is InChI=1S/C21H29N3O3S/c1-17-15-20(16-18(2)21(17)27-3)28(25,26)22-9-10-23-11-13-24(14-12-23)19-7-5-4-6-8-19/h4-8,15-16,22H,9-14H2,1-3H3. The molecule has 7 heteroatoms. The maximum absolute atomic E-state index is 12.6. The van der Waals surface area contributed by atoms with Crippen molar-refractivity contribution in [1.29, 1.82) is 0 Å². The number of rotatable bonds is 7. The number of methoxy groups -OCH3 is 1. The van der Waals surface area contributed by atoms with E-state index in [-0.39, 0.29) is 4.90 Å². The maximum atomic E-state index is 12.6. The molecular formula is C21H29N3O3S. The number of hydrogen-bond donors (Lipinski definition) is 1. The normalized spacial score (nSPS) is 15.6. The summed E-state index contributed by atoms with van der Waals surface area (Å²) in [5.74, 6) is 0.732. The van der Waals surface area contributed by atoms with Crippen molar-refractivity contribution in [3.63, 3.8) is 0 Å². The monoisotopic (exact) mass is 403 g/mol. The SMILES string of the molecule is COc1c(C)cc(S(=O)(=O)NCCN2CCN(c3ccccc3)CC2)cc1C. The van der Waals surface area contributed by atoms with E-state index in [0.717, 1.165) is 43.1 Å². The first-order valence-electron chi connectivity index (χ1n) is 9.58. The van der Waals surface area contributed by atoms with Crippen LogP contribution in [0.1, 0.15) is 11.1 Å². The van der Waals surface area contributed by atoms with Gasteiger partial charge in [-0.3, -0.25) is 4.90 Å². The molecule has 0 amide bonds. The van der Waals surface area contributed by atoms with E-state index < -0.39 is 10.0 Å². The van der Waals surface area contributed by atoms with Gasteiger partial charge in [0.1, 0.15) is 5.75 Å². The lowest BCUT2D eigenvalue weighted by Gasteiger charge is -2.36. The minimum Gasteiger partial charge on any atom is -0.496 e. The van der Waals surface area contributed by atoms with Gasteiger partial charge in [-0.15, -0.1) is 0 Å². The Bertz CT molecular complexity index is 869. The molecule has 1 aliphatic heterocycles. The molecule has 152 valence electrons. The van der Waals surface area contributed by atoms with Crippen molar-refractivity contribution < 1.29 is 13.2 Å². The van der Waals surface area contributed by atoms with Crippen LogP contribution in [0.15, 0.2) is 47.4 Å². The Kier molecular flexibility index (Phi) is 6.59. The number of ether oxygens (including phenoxy) is 1. The summed E-state index contributed by atoms with van der Waals surface area (Å²) in [4.78, 5) is 4.95. The lowest BCUT2D eigenvalue weighted by Crippen LogP contribution is -2.48. The van der Waals surface area contributed by atoms with Crippen molar-refractivity contribution in [2.75, 3.05) is 51.3 Å². The summed E-state index contributed by atoms with van der Waals surface area (Å²) >= 11 is 0. The highest BCUT2D eigenvalue weighted by atomic mass is 32.2. The number of benzene rings is 2. The number of hydrogen-bond acceptors (Lipinski definition) is 5. The molecule has 0 atom stereocenters. The molecule has 2 aromatic carbocycles. The van der Waals surface area contributed by atoms with Gasteiger partial charge in [-0.25, -0.2) is 13.1 Å². The van der Waals surface area contributed by atoms with E-state index in [1.54, 1.807) is 19.2 Å². The zero-order chi connectivity index (χ0) is 20.1. The Morgan fingerprint density at radius 3 is 2.18 bits per heavy atom. The lowest BCUT2D eigenvalue weighted by atomic mass is 10.1. The topological polar surface area (TPSA) is 61.9 Å². The molecule has 1 fully saturated rings. The zero-order valence-electron chi connectivity index (χ0n) is 16.8. The number of nitrogens with one attached hydrogen (secondary N) is 1. The summed E-state index contributed by atoms with van der Waals surface area (Å²) in [5, 5.41) is 0. The molecule has 0 spiro atoms. The van der Waals surface area contributed by atoms with Gasteiger partial charge in [0.15, 0.2) is 0 Å². The Morgan fingerprint density at radius 2 is 1.61 bits per heavy atom. The zero-order valence-corrected chi connectivity index (χ0v) is 17.6. The van der Waals surface area contributed by atoms with Crippen LogP contribution in [-0.2, 0) is 10.0 Å². The van der Waals surface area contributed by atoms with Crippen molar-refractivity contribution in [2.24, 2.45) is 0 Å². The van der Waals surface area contributed by atoms with Crippen LogP contribution in [0.5, 0.6) is 5.75 Å².